The molecule has 0 radical (unpaired) electrons. The average Bonchev–Trinajstić information content (AvgIpc) is 1.54. The van der Waals surface area contributed by atoms with E-state index < -0.39 is 15.3 Å². The van der Waals surface area contributed by atoms with Crippen molar-refractivity contribution < 1.29 is 64.5 Å². The van der Waals surface area contributed by atoms with E-state index in [1.54, 1.807) is 0 Å². The first kappa shape index (κ1) is 145. The molecule has 22 heavy (non-hydrogen) atoms. The molecule has 0 aliphatic rings. The van der Waals surface area contributed by atoms with Gasteiger partial charge in [0.25, 0.3) is 0 Å². The van der Waals surface area contributed by atoms with E-state index in [9.17, 15) is 0 Å². The summed E-state index contributed by atoms with van der Waals surface area (Å²) in [7, 11) is 0. The summed E-state index contributed by atoms with van der Waals surface area (Å²) in [5, 5.41) is 44.2. The molecular weight excluding hydrogens is 445 g/mol. The minimum absolute atomic E-state index is 0. The van der Waals surface area contributed by atoms with E-state index in [-0.39, 0.29) is 75.1 Å². The summed E-state index contributed by atoms with van der Waals surface area (Å²) >= 11 is 0. The first-order chi connectivity index (χ1) is 5.20. The molecule has 21 nitrogen and oxygen atoms in total. The summed E-state index contributed by atoms with van der Waals surface area (Å²) in [6, 6.07) is 0. The predicted molar refractivity (Wildman–Crippen MR) is 69.4 cm³/mol. The molecule has 0 saturated heterocycles. The van der Waals surface area contributed by atoms with Gasteiger partial charge in [0.05, 0.1) is 15.3 Å². The van der Waals surface area contributed by atoms with Crippen LogP contribution in [0, 0.1) is 46.0 Å². The Morgan fingerprint density at radius 2 is 0.364 bits per heavy atom. The molecule has 0 rings (SSSR count). The number of rotatable bonds is 0. The molecule has 0 spiro atoms. The minimum Gasteiger partial charge on any atom is -0.412 e. The maximum atomic E-state index is 8.25. The Hall–Kier alpha value is -1.89. The minimum atomic E-state index is -1.75. The first-order valence-electron chi connectivity index (χ1n) is 1.64. The largest absolute Gasteiger partial charge is 3.00 e. The van der Waals surface area contributed by atoms with Crippen molar-refractivity contribution in [1.29, 1.82) is 0 Å². The van der Waals surface area contributed by atoms with Crippen LogP contribution in [-0.4, -0.2) is 90.4 Å². The van der Waals surface area contributed by atoms with Crippen molar-refractivity contribution in [3.05, 3.63) is 46.0 Å². The van der Waals surface area contributed by atoms with E-state index in [0.717, 1.165) is 0 Å². The fourth-order valence-electron chi connectivity index (χ4n) is 0. The van der Waals surface area contributed by atoms with Crippen LogP contribution in [-0.2, 0) is 0 Å². The summed E-state index contributed by atoms with van der Waals surface area (Å²) < 4.78 is 0. The van der Waals surface area contributed by atoms with Crippen molar-refractivity contribution in [2.75, 3.05) is 0 Å². The molecule has 0 atom stereocenters. The number of hydrogen-bond acceptors (Lipinski definition) is 9. The maximum Gasteiger partial charge on any atom is 3.00 e. The maximum absolute atomic E-state index is 8.25. The summed E-state index contributed by atoms with van der Waals surface area (Å²) in [6.07, 6.45) is 0. The van der Waals surface area contributed by atoms with Crippen LogP contribution in [0.25, 0.3) is 0 Å². The van der Waals surface area contributed by atoms with Gasteiger partial charge in [0.2, 0.25) is 0 Å². The molecule has 0 aliphatic heterocycles. The van der Waals surface area contributed by atoms with Crippen LogP contribution in [0.15, 0.2) is 0 Å². The van der Waals surface area contributed by atoms with Crippen LogP contribution in [0.4, 0.5) is 0 Å². The van der Waals surface area contributed by atoms with Gasteiger partial charge in [0.15, 0.2) is 0 Å². The molecule has 0 aromatic rings. The molecule has 0 saturated carbocycles. The summed E-state index contributed by atoms with van der Waals surface area (Å²) in [5.74, 6) is 0. The standard InChI is InChI=1S/In.3NO3.9H2O/c;3*2-1(3)4;;;;;;;;;/h;;;;9*1H2/q+3;3*-1;;;;;;;;;. The topological polar surface area (TPSA) is 482 Å². The van der Waals surface area contributed by atoms with Crippen molar-refractivity contribution in [2.45, 2.75) is 0 Å². The molecule has 0 aromatic heterocycles. The fraction of sp³-hybridized carbons (Fsp3) is 0. The Kier molecular flexibility index (Phi) is 819. The smallest absolute Gasteiger partial charge is 0.412 e. The second-order valence-electron chi connectivity index (χ2n) is 0.671. The first-order valence-corrected chi connectivity index (χ1v) is 1.64. The number of hydrogen-bond donors (Lipinski definition) is 0. The quantitative estimate of drug-likeness (QED) is 0.243. The van der Waals surface area contributed by atoms with E-state index in [4.69, 9.17) is 46.0 Å². The van der Waals surface area contributed by atoms with E-state index in [1.165, 1.54) is 0 Å². The van der Waals surface area contributed by atoms with Crippen LogP contribution in [0.1, 0.15) is 0 Å². The third-order valence-electron chi connectivity index (χ3n) is 0. The zero-order valence-corrected chi connectivity index (χ0v) is 13.4. The molecule has 0 amide bonds. The Morgan fingerprint density at radius 1 is 0.364 bits per heavy atom. The van der Waals surface area contributed by atoms with Gasteiger partial charge in [-0.25, -0.2) is 0 Å². The fourth-order valence-corrected chi connectivity index (χ4v) is 0. The SMILES string of the molecule is O.O.O.O.O.O.O.O.O.O=[N+]([O-])[O-].O=[N+]([O-])[O-].O=[N+]([O-])[O-].[In+3]. The van der Waals surface area contributed by atoms with Crippen molar-refractivity contribution >= 4 is 25.8 Å². The van der Waals surface area contributed by atoms with Crippen LogP contribution >= 0.6 is 0 Å². The van der Waals surface area contributed by atoms with Gasteiger partial charge in [0, 0.05) is 0 Å². The second-order valence-corrected chi connectivity index (χ2v) is 0.671. The molecule has 0 aromatic carbocycles. The van der Waals surface area contributed by atoms with Gasteiger partial charge >= 0.3 is 25.8 Å². The predicted octanol–water partition coefficient (Wildman–Crippen LogP) is -8.52. The van der Waals surface area contributed by atoms with E-state index in [2.05, 4.69) is 0 Å². The number of nitrogens with zero attached hydrogens (tertiary/aromatic N) is 3. The Bertz CT molecular complexity index is 116. The second kappa shape index (κ2) is 124. The molecule has 0 aliphatic carbocycles. The average molecular weight is 463 g/mol. The van der Waals surface area contributed by atoms with Crippen molar-refractivity contribution in [2.24, 2.45) is 0 Å². The van der Waals surface area contributed by atoms with E-state index in [0.29, 0.717) is 0 Å². The van der Waals surface area contributed by atoms with Gasteiger partial charge in [0.1, 0.15) is 0 Å². The molecule has 144 valence electrons. The van der Waals surface area contributed by atoms with Gasteiger partial charge in [-0.15, -0.1) is 0 Å². The van der Waals surface area contributed by atoms with E-state index in [1.807, 2.05) is 0 Å². The summed E-state index contributed by atoms with van der Waals surface area (Å²) in [5.41, 5.74) is 0. The normalized spacial score (nSPS) is 3.27. The molecule has 0 fully saturated rings. The zero-order valence-electron chi connectivity index (χ0n) is 10.1. The van der Waals surface area contributed by atoms with Crippen LogP contribution < -0.4 is 0 Å². The van der Waals surface area contributed by atoms with Crippen LogP contribution in [0.3, 0.4) is 0 Å². The Balaban J connectivity index is -0.00000000409. The van der Waals surface area contributed by atoms with Gasteiger partial charge in [-0.05, 0) is 0 Å². The van der Waals surface area contributed by atoms with Gasteiger partial charge in [-0.2, -0.15) is 0 Å². The zero-order chi connectivity index (χ0) is 10.7. The van der Waals surface area contributed by atoms with Gasteiger partial charge < -0.3 is 95.3 Å². The van der Waals surface area contributed by atoms with Crippen LogP contribution in [0.2, 0.25) is 0 Å². The Labute approximate surface area is 137 Å². The van der Waals surface area contributed by atoms with E-state index >= 15 is 0 Å². The third kappa shape index (κ3) is 1480. The van der Waals surface area contributed by atoms with Gasteiger partial charge in [-0.3, -0.25) is 0 Å². The van der Waals surface area contributed by atoms with Crippen molar-refractivity contribution in [1.82, 2.24) is 0 Å². The summed E-state index contributed by atoms with van der Waals surface area (Å²) in [6.45, 7) is 0. The van der Waals surface area contributed by atoms with Crippen LogP contribution in [0.5, 0.6) is 0 Å². The molecule has 0 bridgehead atoms. The van der Waals surface area contributed by atoms with Crippen molar-refractivity contribution in [3.63, 3.8) is 0 Å². The summed E-state index contributed by atoms with van der Waals surface area (Å²) in [4.78, 5) is 24.8. The van der Waals surface area contributed by atoms with Gasteiger partial charge in [-0.1, -0.05) is 0 Å². The third-order valence-corrected chi connectivity index (χ3v) is 0. The molecule has 0 heterocycles. The molecule has 22 heteroatoms. The molecule has 18 N–H and O–H groups in total. The molecule has 0 unspecified atom stereocenters. The molecular formula is H18InN3O18. The monoisotopic (exact) mass is 463 g/mol. The van der Waals surface area contributed by atoms with Crippen molar-refractivity contribution in [3.8, 4) is 0 Å². The Morgan fingerprint density at radius 3 is 0.364 bits per heavy atom.